The van der Waals surface area contributed by atoms with Crippen LogP contribution in [0.1, 0.15) is 41.0 Å². The Hall–Kier alpha value is -3.65. The maximum atomic E-state index is 10.7. The first-order chi connectivity index (χ1) is 16.1. The Bertz CT molecular complexity index is 1230. The van der Waals surface area contributed by atoms with Crippen LogP contribution in [-0.4, -0.2) is 42.4 Å². The first-order valence-electron chi connectivity index (χ1n) is 11.2. The fourth-order valence-electron chi connectivity index (χ4n) is 4.64. The molecule has 0 spiro atoms. The lowest BCUT2D eigenvalue weighted by molar-refractivity contribution is -0.496. The molecule has 1 aliphatic heterocycles. The third-order valence-corrected chi connectivity index (χ3v) is 6.39. The Morgan fingerprint density at radius 3 is 2.39 bits per heavy atom. The van der Waals surface area contributed by atoms with Crippen LogP contribution in [0.2, 0.25) is 0 Å². The third-order valence-electron chi connectivity index (χ3n) is 6.39. The van der Waals surface area contributed by atoms with E-state index >= 15 is 0 Å². The van der Waals surface area contributed by atoms with Gasteiger partial charge < -0.3 is 4.57 Å². The summed E-state index contributed by atoms with van der Waals surface area (Å²) in [6.07, 6.45) is 11.7. The van der Waals surface area contributed by atoms with Crippen LogP contribution >= 0.6 is 0 Å². The van der Waals surface area contributed by atoms with E-state index in [0.29, 0.717) is 18.0 Å². The second-order valence-electron chi connectivity index (χ2n) is 8.73. The number of nitro groups is 1. The number of rotatable bonds is 7. The summed E-state index contributed by atoms with van der Waals surface area (Å²) >= 11 is 0. The number of piperidine rings is 1. The summed E-state index contributed by atoms with van der Waals surface area (Å²) in [5.74, 6) is 0.530. The van der Waals surface area contributed by atoms with Crippen molar-refractivity contribution < 1.29 is 4.92 Å². The van der Waals surface area contributed by atoms with E-state index in [9.17, 15) is 10.1 Å². The first-order valence-corrected chi connectivity index (χ1v) is 11.2. The van der Waals surface area contributed by atoms with Crippen molar-refractivity contribution in [1.29, 1.82) is 0 Å². The van der Waals surface area contributed by atoms with Crippen LogP contribution in [-0.2, 0) is 19.6 Å². The molecule has 0 saturated carbocycles. The summed E-state index contributed by atoms with van der Waals surface area (Å²) in [7, 11) is 0. The second-order valence-corrected chi connectivity index (χ2v) is 8.73. The Balaban J connectivity index is 1.22. The van der Waals surface area contributed by atoms with Crippen molar-refractivity contribution in [3.05, 3.63) is 99.9 Å². The maximum Gasteiger partial charge on any atom is 0.228 e. The monoisotopic (exact) mass is 442 g/mol. The minimum atomic E-state index is -0.307. The van der Waals surface area contributed by atoms with Crippen LogP contribution in [0.15, 0.2) is 67.5 Å². The molecule has 0 N–H and O–H groups in total. The quantitative estimate of drug-likeness (QED) is 0.317. The smallest absolute Gasteiger partial charge is 0.228 e. The average Bonchev–Trinajstić information content (AvgIpc) is 3.23. The molecule has 0 atom stereocenters. The fraction of sp³-hybridized carbons (Fsp3) is 0.320. The number of nitrogens with zero attached hydrogens (tertiary/aromatic N) is 6. The summed E-state index contributed by atoms with van der Waals surface area (Å²) in [4.78, 5) is 25.9. The first kappa shape index (κ1) is 21.2. The lowest BCUT2D eigenvalue weighted by Crippen LogP contribution is -2.32. The molecular weight excluding hydrogens is 416 g/mol. The lowest BCUT2D eigenvalue weighted by Gasteiger charge is -2.32. The molecule has 0 aliphatic carbocycles. The summed E-state index contributed by atoms with van der Waals surface area (Å²) < 4.78 is 2.13. The highest BCUT2D eigenvalue weighted by Gasteiger charge is 2.21. The van der Waals surface area contributed by atoms with Gasteiger partial charge in [0.25, 0.3) is 0 Å². The van der Waals surface area contributed by atoms with E-state index < -0.39 is 0 Å². The number of fused-ring (bicyclic) bond motifs is 1. The molecule has 33 heavy (non-hydrogen) atoms. The van der Waals surface area contributed by atoms with Crippen LogP contribution in [0.3, 0.4) is 0 Å². The van der Waals surface area contributed by atoms with Gasteiger partial charge >= 0.3 is 0 Å². The van der Waals surface area contributed by atoms with E-state index in [-0.39, 0.29) is 11.5 Å². The van der Waals surface area contributed by atoms with Gasteiger partial charge in [0.1, 0.15) is 12.0 Å². The highest BCUT2D eigenvalue weighted by atomic mass is 16.6. The van der Waals surface area contributed by atoms with Gasteiger partial charge in [-0.3, -0.25) is 15.0 Å². The largest absolute Gasteiger partial charge is 0.328 e. The van der Waals surface area contributed by atoms with E-state index in [0.717, 1.165) is 54.6 Å². The van der Waals surface area contributed by atoms with Crippen LogP contribution in [0.25, 0.3) is 11.0 Å². The van der Waals surface area contributed by atoms with E-state index in [4.69, 9.17) is 4.98 Å². The van der Waals surface area contributed by atoms with Crippen LogP contribution in [0.5, 0.6) is 0 Å². The number of benzene rings is 1. The van der Waals surface area contributed by atoms with E-state index in [2.05, 4.69) is 37.8 Å². The molecule has 4 heterocycles. The van der Waals surface area contributed by atoms with Crippen LogP contribution in [0.4, 0.5) is 0 Å². The van der Waals surface area contributed by atoms with Crippen LogP contribution in [0, 0.1) is 10.1 Å². The molecular formula is C25H26N6O2. The van der Waals surface area contributed by atoms with Crippen molar-refractivity contribution in [2.24, 2.45) is 0 Å². The van der Waals surface area contributed by atoms with Crippen molar-refractivity contribution in [1.82, 2.24) is 24.4 Å². The Morgan fingerprint density at radius 1 is 0.939 bits per heavy atom. The normalized spacial score (nSPS) is 15.2. The molecule has 0 radical (unpaired) electrons. The highest BCUT2D eigenvalue weighted by molar-refractivity contribution is 5.77. The van der Waals surface area contributed by atoms with Crippen molar-refractivity contribution in [3.63, 3.8) is 0 Å². The minimum Gasteiger partial charge on any atom is -0.328 e. The summed E-state index contributed by atoms with van der Waals surface area (Å²) in [6.45, 7) is 3.57. The van der Waals surface area contributed by atoms with Gasteiger partial charge in [0.2, 0.25) is 6.54 Å². The molecule has 0 bridgehead atoms. The topological polar surface area (TPSA) is 90.0 Å². The second kappa shape index (κ2) is 9.46. The predicted octanol–water partition coefficient (Wildman–Crippen LogP) is 4.03. The van der Waals surface area contributed by atoms with Gasteiger partial charge in [0.05, 0.1) is 0 Å². The number of aromatic nitrogens is 4. The van der Waals surface area contributed by atoms with Crippen molar-refractivity contribution in [2.75, 3.05) is 13.1 Å². The maximum absolute atomic E-state index is 10.7. The molecule has 1 fully saturated rings. The summed E-state index contributed by atoms with van der Waals surface area (Å²) in [5.41, 5.74) is 5.25. The standard InChI is InChI=1S/C25H26N6O2/c32-31(33)17-20-3-1-19(2-4-20)16-30-10-7-23-11-24(14-28-25(23)30)22-5-8-29(9-6-22)15-21-12-26-18-27-13-21/h1-4,7,10-14,18,22H,5-6,8-9,15-17H2. The number of likely N-dealkylation sites (tertiary alicyclic amines) is 1. The molecule has 3 aromatic heterocycles. The molecule has 5 rings (SSSR count). The zero-order valence-electron chi connectivity index (χ0n) is 18.4. The molecule has 0 unspecified atom stereocenters. The zero-order chi connectivity index (χ0) is 22.6. The van der Waals surface area contributed by atoms with Gasteiger partial charge in [-0.1, -0.05) is 24.3 Å². The highest BCUT2D eigenvalue weighted by Crippen LogP contribution is 2.30. The van der Waals surface area contributed by atoms with E-state index in [1.807, 2.05) is 42.9 Å². The molecule has 0 amide bonds. The summed E-state index contributed by atoms with van der Waals surface area (Å²) in [5, 5.41) is 11.8. The third kappa shape index (κ3) is 5.06. The SMILES string of the molecule is O=[N+]([O-])Cc1ccc(Cn2ccc3cc(C4CCN(Cc5cncnc5)CC4)cnc32)cc1. The van der Waals surface area contributed by atoms with E-state index in [1.54, 1.807) is 6.33 Å². The molecule has 168 valence electrons. The number of pyridine rings is 1. The van der Waals surface area contributed by atoms with Gasteiger partial charge in [-0.05, 0) is 55.1 Å². The number of hydrogen-bond donors (Lipinski definition) is 0. The molecule has 8 heteroatoms. The van der Waals surface area contributed by atoms with Gasteiger partial charge in [0.15, 0.2) is 0 Å². The Kier molecular flexibility index (Phi) is 6.08. The van der Waals surface area contributed by atoms with E-state index in [1.165, 1.54) is 5.56 Å². The Morgan fingerprint density at radius 2 is 1.67 bits per heavy atom. The lowest BCUT2D eigenvalue weighted by atomic mass is 9.90. The van der Waals surface area contributed by atoms with Gasteiger partial charge in [-0.15, -0.1) is 0 Å². The minimum absolute atomic E-state index is 0.142. The van der Waals surface area contributed by atoms with Crippen molar-refractivity contribution >= 4 is 11.0 Å². The summed E-state index contributed by atoms with van der Waals surface area (Å²) in [6, 6.07) is 12.0. The fourth-order valence-corrected chi connectivity index (χ4v) is 4.64. The molecule has 1 aromatic carbocycles. The van der Waals surface area contributed by atoms with Gasteiger partial charge in [0, 0.05) is 59.3 Å². The molecule has 1 aliphatic rings. The average molecular weight is 443 g/mol. The van der Waals surface area contributed by atoms with Crippen LogP contribution < -0.4 is 0 Å². The van der Waals surface area contributed by atoms with Gasteiger partial charge in [-0.2, -0.15) is 0 Å². The Labute approximate surface area is 192 Å². The predicted molar refractivity (Wildman–Crippen MR) is 125 cm³/mol. The molecule has 4 aromatic rings. The number of hydrogen-bond acceptors (Lipinski definition) is 6. The molecule has 8 nitrogen and oxygen atoms in total. The molecule has 1 saturated heterocycles. The van der Waals surface area contributed by atoms with Crippen molar-refractivity contribution in [2.45, 2.75) is 38.4 Å². The van der Waals surface area contributed by atoms with Crippen molar-refractivity contribution in [3.8, 4) is 0 Å². The van der Waals surface area contributed by atoms with Gasteiger partial charge in [-0.25, -0.2) is 15.0 Å². The zero-order valence-corrected chi connectivity index (χ0v) is 18.4.